The van der Waals surface area contributed by atoms with Crippen LogP contribution in [-0.4, -0.2) is 37.0 Å². The molecule has 0 atom stereocenters. The number of nitrogens with zero attached hydrogens (tertiary/aromatic N) is 1. The molecule has 1 spiro atoms. The second-order valence-electron chi connectivity index (χ2n) is 5.10. The molecule has 4 heteroatoms. The van der Waals surface area contributed by atoms with E-state index >= 15 is 0 Å². The van der Waals surface area contributed by atoms with Crippen molar-refractivity contribution in [2.45, 2.75) is 6.42 Å². The van der Waals surface area contributed by atoms with E-state index in [-0.39, 0.29) is 5.91 Å². The first-order chi connectivity index (χ1) is 8.19. The van der Waals surface area contributed by atoms with Gasteiger partial charge in [-0.25, -0.2) is 0 Å². The van der Waals surface area contributed by atoms with Gasteiger partial charge in [-0.1, -0.05) is 22.0 Å². The molecule has 0 radical (unpaired) electrons. The molecule has 2 fully saturated rings. The van der Waals surface area contributed by atoms with Crippen LogP contribution in [0.2, 0.25) is 0 Å². The smallest absolute Gasteiger partial charge is 0.253 e. The number of rotatable bonds is 1. The fourth-order valence-electron chi connectivity index (χ4n) is 2.78. The molecule has 0 aliphatic carbocycles. The molecule has 2 saturated heterocycles. The molecule has 2 heterocycles. The Morgan fingerprint density at radius 2 is 2.24 bits per heavy atom. The average molecular weight is 295 g/mol. The Balaban J connectivity index is 1.69. The molecular weight excluding hydrogens is 280 g/mol. The normalized spacial score (nSPS) is 21.6. The first-order valence-electron chi connectivity index (χ1n) is 5.94. The molecule has 2 aliphatic heterocycles. The van der Waals surface area contributed by atoms with E-state index in [1.54, 1.807) is 0 Å². The number of amides is 1. The van der Waals surface area contributed by atoms with Crippen molar-refractivity contribution in [1.29, 1.82) is 0 Å². The Morgan fingerprint density at radius 3 is 2.88 bits per heavy atom. The first kappa shape index (κ1) is 11.2. The number of halogens is 1. The van der Waals surface area contributed by atoms with Crippen LogP contribution >= 0.6 is 15.9 Å². The summed E-state index contributed by atoms with van der Waals surface area (Å²) in [7, 11) is 0. The Hall–Kier alpha value is -0.870. The Morgan fingerprint density at radius 1 is 1.41 bits per heavy atom. The first-order valence-corrected chi connectivity index (χ1v) is 6.73. The van der Waals surface area contributed by atoms with Gasteiger partial charge in [0.2, 0.25) is 0 Å². The Labute approximate surface area is 109 Å². The highest BCUT2D eigenvalue weighted by molar-refractivity contribution is 9.10. The molecule has 0 bridgehead atoms. The fraction of sp³-hybridized carbons (Fsp3) is 0.462. The summed E-state index contributed by atoms with van der Waals surface area (Å²) in [6.45, 7) is 3.98. The number of carbonyl (C=O) groups is 1. The third-order valence-corrected chi connectivity index (χ3v) is 4.24. The maximum Gasteiger partial charge on any atom is 0.253 e. The average Bonchev–Trinajstić information content (AvgIpc) is 2.75. The lowest BCUT2D eigenvalue weighted by atomic mass is 9.79. The monoisotopic (exact) mass is 294 g/mol. The molecule has 1 amide bonds. The number of carbonyl (C=O) groups excluding carboxylic acids is 1. The minimum atomic E-state index is 0.156. The van der Waals surface area contributed by atoms with Crippen molar-refractivity contribution in [2.24, 2.45) is 5.41 Å². The highest BCUT2D eigenvalue weighted by Gasteiger charge is 2.46. The van der Waals surface area contributed by atoms with Gasteiger partial charge in [0.25, 0.3) is 5.91 Å². The standard InChI is InChI=1S/C13H15BrN2O/c14-11-3-1-2-10(6-11)12(17)16-8-13(9-16)4-5-15-7-13/h1-3,6,15H,4-5,7-9H2. The summed E-state index contributed by atoms with van der Waals surface area (Å²) in [4.78, 5) is 14.2. The molecule has 1 aromatic rings. The van der Waals surface area contributed by atoms with Gasteiger partial charge in [-0.15, -0.1) is 0 Å². The van der Waals surface area contributed by atoms with Gasteiger partial charge in [-0.2, -0.15) is 0 Å². The van der Waals surface area contributed by atoms with Crippen molar-refractivity contribution in [3.05, 3.63) is 34.3 Å². The molecule has 1 aromatic carbocycles. The number of nitrogens with one attached hydrogen (secondary N) is 1. The van der Waals surface area contributed by atoms with Gasteiger partial charge in [0.15, 0.2) is 0 Å². The molecule has 0 aromatic heterocycles. The van der Waals surface area contributed by atoms with E-state index in [4.69, 9.17) is 0 Å². The van der Waals surface area contributed by atoms with Crippen molar-refractivity contribution in [1.82, 2.24) is 10.2 Å². The number of benzene rings is 1. The minimum Gasteiger partial charge on any atom is -0.337 e. The molecule has 90 valence electrons. The Kier molecular flexibility index (Phi) is 2.71. The maximum atomic E-state index is 12.2. The van der Waals surface area contributed by atoms with Crippen LogP contribution < -0.4 is 5.32 Å². The van der Waals surface area contributed by atoms with Gasteiger partial charge in [-0.05, 0) is 31.2 Å². The van der Waals surface area contributed by atoms with Gasteiger partial charge in [0.05, 0.1) is 0 Å². The fourth-order valence-corrected chi connectivity index (χ4v) is 3.18. The van der Waals surface area contributed by atoms with Crippen LogP contribution in [0.25, 0.3) is 0 Å². The molecule has 0 saturated carbocycles. The van der Waals surface area contributed by atoms with E-state index < -0.39 is 0 Å². The highest BCUT2D eigenvalue weighted by Crippen LogP contribution is 2.36. The zero-order valence-corrected chi connectivity index (χ0v) is 11.2. The van der Waals surface area contributed by atoms with Crippen LogP contribution in [0, 0.1) is 5.41 Å². The largest absolute Gasteiger partial charge is 0.337 e. The predicted octanol–water partition coefficient (Wildman–Crippen LogP) is 1.88. The SMILES string of the molecule is O=C(c1cccc(Br)c1)N1CC2(CCNC2)C1. The lowest BCUT2D eigenvalue weighted by Crippen LogP contribution is -2.59. The quantitative estimate of drug-likeness (QED) is 0.858. The summed E-state index contributed by atoms with van der Waals surface area (Å²) < 4.78 is 0.959. The van der Waals surface area contributed by atoms with E-state index in [9.17, 15) is 4.79 Å². The number of hydrogen-bond donors (Lipinski definition) is 1. The second kappa shape index (κ2) is 4.10. The lowest BCUT2D eigenvalue weighted by molar-refractivity contribution is 0.0159. The molecule has 3 rings (SSSR count). The second-order valence-corrected chi connectivity index (χ2v) is 6.01. The highest BCUT2D eigenvalue weighted by atomic mass is 79.9. The minimum absolute atomic E-state index is 0.156. The molecule has 2 aliphatic rings. The van der Waals surface area contributed by atoms with Crippen LogP contribution in [-0.2, 0) is 0 Å². The van der Waals surface area contributed by atoms with Crippen LogP contribution in [0.1, 0.15) is 16.8 Å². The van der Waals surface area contributed by atoms with Crippen LogP contribution in [0.5, 0.6) is 0 Å². The molecular formula is C13H15BrN2O. The van der Waals surface area contributed by atoms with E-state index in [1.165, 1.54) is 6.42 Å². The van der Waals surface area contributed by atoms with Crippen molar-refractivity contribution < 1.29 is 4.79 Å². The molecule has 3 nitrogen and oxygen atoms in total. The summed E-state index contributed by atoms with van der Waals surface area (Å²) in [6.07, 6.45) is 1.20. The van der Waals surface area contributed by atoms with E-state index in [0.29, 0.717) is 5.41 Å². The third kappa shape index (κ3) is 2.00. The van der Waals surface area contributed by atoms with Gasteiger partial charge in [-0.3, -0.25) is 4.79 Å². The topological polar surface area (TPSA) is 32.3 Å². The number of likely N-dealkylation sites (tertiary alicyclic amines) is 1. The number of hydrogen-bond acceptors (Lipinski definition) is 2. The zero-order chi connectivity index (χ0) is 11.9. The zero-order valence-electron chi connectivity index (χ0n) is 9.58. The van der Waals surface area contributed by atoms with Gasteiger partial charge < -0.3 is 10.2 Å². The van der Waals surface area contributed by atoms with Crippen LogP contribution in [0.3, 0.4) is 0 Å². The molecule has 1 N–H and O–H groups in total. The molecule has 0 unspecified atom stereocenters. The summed E-state index contributed by atoms with van der Waals surface area (Å²) in [5, 5.41) is 3.38. The lowest BCUT2D eigenvalue weighted by Gasteiger charge is -2.47. The van der Waals surface area contributed by atoms with E-state index in [2.05, 4.69) is 21.2 Å². The van der Waals surface area contributed by atoms with Crippen molar-refractivity contribution >= 4 is 21.8 Å². The van der Waals surface area contributed by atoms with Crippen LogP contribution in [0.15, 0.2) is 28.7 Å². The summed E-state index contributed by atoms with van der Waals surface area (Å²) >= 11 is 3.40. The predicted molar refractivity (Wildman–Crippen MR) is 70.0 cm³/mol. The van der Waals surface area contributed by atoms with Gasteiger partial charge in [0, 0.05) is 35.1 Å². The van der Waals surface area contributed by atoms with Crippen molar-refractivity contribution in [3.8, 4) is 0 Å². The van der Waals surface area contributed by atoms with Crippen LogP contribution in [0.4, 0.5) is 0 Å². The molecule has 17 heavy (non-hydrogen) atoms. The summed E-state index contributed by atoms with van der Waals surface area (Å²) in [6, 6.07) is 7.62. The Bertz CT molecular complexity index is 446. The summed E-state index contributed by atoms with van der Waals surface area (Å²) in [5.74, 6) is 0.156. The summed E-state index contributed by atoms with van der Waals surface area (Å²) in [5.41, 5.74) is 1.15. The van der Waals surface area contributed by atoms with Crippen molar-refractivity contribution in [3.63, 3.8) is 0 Å². The third-order valence-electron chi connectivity index (χ3n) is 3.74. The van der Waals surface area contributed by atoms with Crippen molar-refractivity contribution in [2.75, 3.05) is 26.2 Å². The van der Waals surface area contributed by atoms with E-state index in [1.807, 2.05) is 29.2 Å². The van der Waals surface area contributed by atoms with E-state index in [0.717, 1.165) is 36.2 Å². The maximum absolute atomic E-state index is 12.2. The van der Waals surface area contributed by atoms with Gasteiger partial charge in [0.1, 0.15) is 0 Å². The van der Waals surface area contributed by atoms with Gasteiger partial charge >= 0.3 is 0 Å².